The van der Waals surface area contributed by atoms with E-state index in [1.165, 1.54) is 0 Å². The van der Waals surface area contributed by atoms with Crippen molar-refractivity contribution in [2.24, 2.45) is 0 Å². The molecule has 0 aliphatic carbocycles. The van der Waals surface area contributed by atoms with E-state index >= 15 is 0 Å². The number of rotatable bonds is 0. The standard InChI is InChI=1S/C9H9BrO2.C9H7BrO2/c2*10-6-1-2-7-8(11)3-4-12-9(7)5-6/h1-2,5,8,11H,3-4H2;1-2,5H,3-4H2. The van der Waals surface area contributed by atoms with E-state index in [1.807, 2.05) is 30.3 Å². The van der Waals surface area contributed by atoms with Crippen molar-refractivity contribution in [1.29, 1.82) is 0 Å². The minimum absolute atomic E-state index is 0.170. The van der Waals surface area contributed by atoms with Gasteiger partial charge in [-0.2, -0.15) is 0 Å². The second-order valence-electron chi connectivity index (χ2n) is 5.50. The molecule has 126 valence electrons. The van der Waals surface area contributed by atoms with Gasteiger partial charge >= 0.3 is 0 Å². The van der Waals surface area contributed by atoms with Crippen molar-refractivity contribution in [3.05, 3.63) is 56.5 Å². The van der Waals surface area contributed by atoms with Crippen LogP contribution >= 0.6 is 31.9 Å². The molecule has 4 rings (SSSR count). The quantitative estimate of drug-likeness (QED) is 0.626. The summed E-state index contributed by atoms with van der Waals surface area (Å²) >= 11 is 6.67. The normalized spacial score (nSPS) is 18.3. The predicted octanol–water partition coefficient (Wildman–Crippen LogP) is 4.68. The maximum Gasteiger partial charge on any atom is 0.169 e. The lowest BCUT2D eigenvalue weighted by atomic mass is 10.0. The zero-order chi connectivity index (χ0) is 17.1. The number of ketones is 1. The van der Waals surface area contributed by atoms with Crippen LogP contribution in [0.2, 0.25) is 0 Å². The summed E-state index contributed by atoms with van der Waals surface area (Å²) in [7, 11) is 0. The van der Waals surface area contributed by atoms with Crippen molar-refractivity contribution in [3.8, 4) is 11.5 Å². The highest BCUT2D eigenvalue weighted by Gasteiger charge is 2.19. The Morgan fingerprint density at radius 1 is 0.958 bits per heavy atom. The molecule has 4 nitrogen and oxygen atoms in total. The van der Waals surface area contributed by atoms with Gasteiger partial charge in [0, 0.05) is 27.4 Å². The molecule has 0 spiro atoms. The molecular formula is C18H16Br2O4. The van der Waals surface area contributed by atoms with E-state index in [9.17, 15) is 9.90 Å². The summed E-state index contributed by atoms with van der Waals surface area (Å²) in [6, 6.07) is 11.2. The van der Waals surface area contributed by atoms with Crippen LogP contribution in [-0.4, -0.2) is 24.1 Å². The third kappa shape index (κ3) is 3.99. The van der Waals surface area contributed by atoms with E-state index in [0.717, 1.165) is 20.3 Å². The molecule has 0 bridgehead atoms. The van der Waals surface area contributed by atoms with E-state index < -0.39 is 0 Å². The fraction of sp³-hybridized carbons (Fsp3) is 0.278. The molecular weight excluding hydrogens is 440 g/mol. The molecule has 2 aromatic carbocycles. The fourth-order valence-electron chi connectivity index (χ4n) is 2.58. The lowest BCUT2D eigenvalue weighted by molar-refractivity contribution is 0.0933. The average molecular weight is 456 g/mol. The number of carbonyl (C=O) groups excluding carboxylic acids is 1. The number of hydrogen-bond acceptors (Lipinski definition) is 4. The summed E-state index contributed by atoms with van der Waals surface area (Å²) < 4.78 is 12.6. The van der Waals surface area contributed by atoms with Gasteiger partial charge in [0.15, 0.2) is 5.78 Å². The molecule has 2 heterocycles. The predicted molar refractivity (Wildman–Crippen MR) is 97.8 cm³/mol. The minimum atomic E-state index is -0.359. The molecule has 0 saturated heterocycles. The first-order valence-corrected chi connectivity index (χ1v) is 9.19. The van der Waals surface area contributed by atoms with E-state index in [1.54, 1.807) is 6.07 Å². The molecule has 0 radical (unpaired) electrons. The zero-order valence-corrected chi connectivity index (χ0v) is 16.0. The Balaban J connectivity index is 0.000000141. The number of carbonyl (C=O) groups is 1. The highest BCUT2D eigenvalue weighted by molar-refractivity contribution is 9.10. The number of fused-ring (bicyclic) bond motifs is 2. The van der Waals surface area contributed by atoms with Crippen molar-refractivity contribution >= 4 is 37.6 Å². The zero-order valence-electron chi connectivity index (χ0n) is 12.8. The van der Waals surface area contributed by atoms with E-state index in [-0.39, 0.29) is 11.9 Å². The largest absolute Gasteiger partial charge is 0.493 e. The topological polar surface area (TPSA) is 55.8 Å². The van der Waals surface area contributed by atoms with Crippen LogP contribution in [0, 0.1) is 0 Å². The smallest absolute Gasteiger partial charge is 0.169 e. The number of benzene rings is 2. The third-order valence-corrected chi connectivity index (χ3v) is 4.80. The summed E-state index contributed by atoms with van der Waals surface area (Å²) in [6.07, 6.45) is 0.824. The Kier molecular flexibility index (Phi) is 5.58. The molecule has 0 aromatic heterocycles. The van der Waals surface area contributed by atoms with Crippen LogP contribution in [-0.2, 0) is 0 Å². The molecule has 6 heteroatoms. The highest BCUT2D eigenvalue weighted by Crippen LogP contribution is 2.33. The molecule has 0 amide bonds. The van der Waals surface area contributed by atoms with Gasteiger partial charge < -0.3 is 14.6 Å². The Morgan fingerprint density at radius 3 is 2.42 bits per heavy atom. The summed E-state index contributed by atoms with van der Waals surface area (Å²) in [5.41, 5.74) is 1.59. The molecule has 1 N–H and O–H groups in total. The van der Waals surface area contributed by atoms with Gasteiger partial charge in [0.2, 0.25) is 0 Å². The fourth-order valence-corrected chi connectivity index (χ4v) is 3.26. The van der Waals surface area contributed by atoms with E-state index in [4.69, 9.17) is 9.47 Å². The number of aliphatic hydroxyl groups is 1. The van der Waals surface area contributed by atoms with Gasteiger partial charge in [-0.1, -0.05) is 37.9 Å². The highest BCUT2D eigenvalue weighted by atomic mass is 79.9. The summed E-state index contributed by atoms with van der Waals surface area (Å²) in [5.74, 6) is 1.66. The first kappa shape index (κ1) is 17.5. The Hall–Kier alpha value is -1.37. The Labute approximate surface area is 157 Å². The van der Waals surface area contributed by atoms with E-state index in [2.05, 4.69) is 31.9 Å². The van der Waals surface area contributed by atoms with Gasteiger partial charge in [-0.25, -0.2) is 0 Å². The molecule has 24 heavy (non-hydrogen) atoms. The van der Waals surface area contributed by atoms with Crippen LogP contribution < -0.4 is 9.47 Å². The maximum atomic E-state index is 11.3. The van der Waals surface area contributed by atoms with Crippen molar-refractivity contribution in [3.63, 3.8) is 0 Å². The first-order chi connectivity index (χ1) is 11.5. The van der Waals surface area contributed by atoms with Crippen LogP contribution in [0.15, 0.2) is 45.3 Å². The van der Waals surface area contributed by atoms with Gasteiger partial charge in [-0.3, -0.25) is 4.79 Å². The number of ether oxygens (including phenoxy) is 2. The molecule has 1 atom stereocenters. The van der Waals surface area contributed by atoms with Crippen LogP contribution in [0.5, 0.6) is 11.5 Å². The van der Waals surface area contributed by atoms with Crippen LogP contribution in [0.1, 0.15) is 34.9 Å². The monoisotopic (exact) mass is 454 g/mol. The van der Waals surface area contributed by atoms with Gasteiger partial charge in [-0.05, 0) is 30.3 Å². The van der Waals surface area contributed by atoms with Gasteiger partial charge in [0.25, 0.3) is 0 Å². The second kappa shape index (κ2) is 7.68. The number of hydrogen-bond donors (Lipinski definition) is 1. The molecule has 2 aromatic rings. The minimum Gasteiger partial charge on any atom is -0.493 e. The van der Waals surface area contributed by atoms with Crippen molar-refractivity contribution in [2.75, 3.05) is 13.2 Å². The molecule has 0 fully saturated rings. The summed E-state index contributed by atoms with van der Waals surface area (Å²) in [4.78, 5) is 11.3. The molecule has 2 aliphatic heterocycles. The second-order valence-corrected chi connectivity index (χ2v) is 7.33. The Morgan fingerprint density at radius 2 is 1.62 bits per heavy atom. The molecule has 2 aliphatic rings. The van der Waals surface area contributed by atoms with Crippen LogP contribution in [0.25, 0.3) is 0 Å². The van der Waals surface area contributed by atoms with Crippen molar-refractivity contribution in [2.45, 2.75) is 18.9 Å². The Bertz CT molecular complexity index is 761. The van der Waals surface area contributed by atoms with Gasteiger partial charge in [0.1, 0.15) is 11.5 Å². The number of halogens is 2. The van der Waals surface area contributed by atoms with Crippen LogP contribution in [0.3, 0.4) is 0 Å². The average Bonchev–Trinajstić information content (AvgIpc) is 2.55. The lowest BCUT2D eigenvalue weighted by Crippen LogP contribution is -2.14. The number of aliphatic hydroxyl groups excluding tert-OH is 1. The summed E-state index contributed by atoms with van der Waals surface area (Å²) in [5, 5.41) is 9.56. The summed E-state index contributed by atoms with van der Waals surface area (Å²) in [6.45, 7) is 1.10. The first-order valence-electron chi connectivity index (χ1n) is 7.60. The maximum absolute atomic E-state index is 11.3. The van der Waals surface area contributed by atoms with Crippen molar-refractivity contribution in [1.82, 2.24) is 0 Å². The van der Waals surface area contributed by atoms with E-state index in [0.29, 0.717) is 37.4 Å². The SMILES string of the molecule is O=C1CCOc2cc(Br)ccc21.OC1CCOc2cc(Br)ccc21. The third-order valence-electron chi connectivity index (χ3n) is 3.81. The lowest BCUT2D eigenvalue weighted by Gasteiger charge is -2.21. The molecule has 0 saturated carbocycles. The molecule has 1 unspecified atom stereocenters. The van der Waals surface area contributed by atoms with Crippen LogP contribution in [0.4, 0.5) is 0 Å². The van der Waals surface area contributed by atoms with Crippen molar-refractivity contribution < 1.29 is 19.4 Å². The van der Waals surface area contributed by atoms with Gasteiger partial charge in [-0.15, -0.1) is 0 Å². The van der Waals surface area contributed by atoms with Gasteiger partial charge in [0.05, 0.1) is 24.9 Å². The number of Topliss-reactive ketones (excluding diaryl/α,β-unsaturated/α-hetero) is 1.